The van der Waals surface area contributed by atoms with E-state index in [2.05, 4.69) is 30.6 Å². The summed E-state index contributed by atoms with van der Waals surface area (Å²) in [5.74, 6) is -0.531. The van der Waals surface area contributed by atoms with Crippen LogP contribution in [0.15, 0.2) is 18.5 Å². The third kappa shape index (κ3) is 3.92. The van der Waals surface area contributed by atoms with Crippen LogP contribution in [0.3, 0.4) is 0 Å². The Kier molecular flexibility index (Phi) is 5.33. The highest BCUT2D eigenvalue weighted by Crippen LogP contribution is 2.25. The molecule has 1 atom stereocenters. The maximum absolute atomic E-state index is 13.4. The number of pyridine rings is 1. The standard InChI is InChI=1S/C16H18FN7OS/c1-8(10-5-11(17)7-19-6-10)21-16-23-12(15(25)20-4-3-18)13-14(24-16)22-9(2)26-13/h5-8H,3-4,18H2,1-2H3,(H,20,25)(H,21,23,24). The van der Waals surface area contributed by atoms with Crippen LogP contribution in [0.4, 0.5) is 10.3 Å². The molecule has 0 aliphatic heterocycles. The maximum atomic E-state index is 13.4. The van der Waals surface area contributed by atoms with Crippen molar-refractivity contribution in [1.82, 2.24) is 25.3 Å². The number of aromatic nitrogens is 4. The number of rotatable bonds is 6. The Morgan fingerprint density at radius 1 is 1.35 bits per heavy atom. The molecule has 26 heavy (non-hydrogen) atoms. The Bertz CT molecular complexity index is 945. The number of halogens is 1. The first-order chi connectivity index (χ1) is 12.5. The largest absolute Gasteiger partial charge is 0.349 e. The van der Waals surface area contributed by atoms with Crippen LogP contribution in [-0.4, -0.2) is 38.9 Å². The molecule has 0 fully saturated rings. The summed E-state index contributed by atoms with van der Waals surface area (Å²) in [5.41, 5.74) is 6.75. The van der Waals surface area contributed by atoms with Gasteiger partial charge in [-0.05, 0) is 25.5 Å². The quantitative estimate of drug-likeness (QED) is 0.601. The van der Waals surface area contributed by atoms with Crippen molar-refractivity contribution in [3.8, 4) is 0 Å². The van der Waals surface area contributed by atoms with Gasteiger partial charge >= 0.3 is 0 Å². The van der Waals surface area contributed by atoms with Crippen LogP contribution in [0.1, 0.15) is 34.0 Å². The van der Waals surface area contributed by atoms with Gasteiger partial charge in [-0.1, -0.05) is 0 Å². The smallest absolute Gasteiger partial charge is 0.271 e. The molecule has 0 bridgehead atoms. The molecular formula is C16H18FN7OS. The van der Waals surface area contributed by atoms with Crippen LogP contribution in [0.25, 0.3) is 10.3 Å². The van der Waals surface area contributed by atoms with Gasteiger partial charge in [0.15, 0.2) is 11.3 Å². The summed E-state index contributed by atoms with van der Waals surface area (Å²) in [7, 11) is 0. The van der Waals surface area contributed by atoms with E-state index in [1.54, 1.807) is 6.20 Å². The van der Waals surface area contributed by atoms with E-state index in [9.17, 15) is 9.18 Å². The molecule has 136 valence electrons. The molecule has 0 aliphatic carbocycles. The second-order valence-electron chi connectivity index (χ2n) is 5.63. The summed E-state index contributed by atoms with van der Waals surface area (Å²) >= 11 is 1.35. The van der Waals surface area contributed by atoms with Gasteiger partial charge in [0.2, 0.25) is 5.95 Å². The van der Waals surface area contributed by atoms with E-state index >= 15 is 0 Å². The average molecular weight is 375 g/mol. The van der Waals surface area contributed by atoms with Crippen LogP contribution < -0.4 is 16.4 Å². The molecule has 0 spiro atoms. The predicted molar refractivity (Wildman–Crippen MR) is 97.6 cm³/mol. The summed E-state index contributed by atoms with van der Waals surface area (Å²) in [6, 6.07) is 1.07. The monoisotopic (exact) mass is 375 g/mol. The first kappa shape index (κ1) is 18.1. The van der Waals surface area contributed by atoms with E-state index in [0.717, 1.165) is 11.2 Å². The van der Waals surface area contributed by atoms with Crippen molar-refractivity contribution in [2.75, 3.05) is 18.4 Å². The van der Waals surface area contributed by atoms with Gasteiger partial charge in [-0.2, -0.15) is 4.98 Å². The van der Waals surface area contributed by atoms with Crippen molar-refractivity contribution < 1.29 is 9.18 Å². The molecule has 4 N–H and O–H groups in total. The highest BCUT2D eigenvalue weighted by molar-refractivity contribution is 7.18. The molecule has 1 unspecified atom stereocenters. The zero-order valence-electron chi connectivity index (χ0n) is 14.3. The van der Waals surface area contributed by atoms with Gasteiger partial charge in [0.25, 0.3) is 5.91 Å². The van der Waals surface area contributed by atoms with Crippen molar-refractivity contribution in [3.05, 3.63) is 40.5 Å². The molecule has 3 heterocycles. The maximum Gasteiger partial charge on any atom is 0.271 e. The first-order valence-corrected chi connectivity index (χ1v) is 8.80. The highest BCUT2D eigenvalue weighted by Gasteiger charge is 2.19. The van der Waals surface area contributed by atoms with Crippen LogP contribution in [0.5, 0.6) is 0 Å². The van der Waals surface area contributed by atoms with E-state index < -0.39 is 5.82 Å². The van der Waals surface area contributed by atoms with Gasteiger partial charge in [0.05, 0.1) is 17.2 Å². The van der Waals surface area contributed by atoms with Gasteiger partial charge in [-0.3, -0.25) is 9.78 Å². The van der Waals surface area contributed by atoms with Crippen molar-refractivity contribution >= 4 is 33.5 Å². The molecular weight excluding hydrogens is 357 g/mol. The Balaban J connectivity index is 1.94. The molecule has 0 radical (unpaired) electrons. The number of nitrogens with one attached hydrogen (secondary N) is 2. The van der Waals surface area contributed by atoms with Crippen molar-refractivity contribution in [2.24, 2.45) is 5.73 Å². The summed E-state index contributed by atoms with van der Waals surface area (Å²) < 4.78 is 14.0. The number of carbonyl (C=O) groups is 1. The van der Waals surface area contributed by atoms with Crippen molar-refractivity contribution in [2.45, 2.75) is 19.9 Å². The molecule has 8 nitrogen and oxygen atoms in total. The lowest BCUT2D eigenvalue weighted by Crippen LogP contribution is -2.30. The predicted octanol–water partition coefficient (Wildman–Crippen LogP) is 1.79. The fourth-order valence-corrected chi connectivity index (χ4v) is 3.20. The number of carbonyl (C=O) groups excluding carboxylic acids is 1. The van der Waals surface area contributed by atoms with Crippen LogP contribution in [0.2, 0.25) is 0 Å². The molecule has 0 saturated heterocycles. The third-order valence-electron chi connectivity index (χ3n) is 3.58. The number of fused-ring (bicyclic) bond motifs is 1. The molecule has 3 aromatic rings. The number of hydrogen-bond acceptors (Lipinski definition) is 8. The lowest BCUT2D eigenvalue weighted by molar-refractivity contribution is 0.0952. The van der Waals surface area contributed by atoms with Gasteiger partial charge < -0.3 is 16.4 Å². The number of nitrogens with zero attached hydrogens (tertiary/aromatic N) is 4. The third-order valence-corrected chi connectivity index (χ3v) is 4.54. The Labute approximate surface area is 153 Å². The van der Waals surface area contributed by atoms with Crippen LogP contribution in [-0.2, 0) is 0 Å². The van der Waals surface area contributed by atoms with Gasteiger partial charge in [0.1, 0.15) is 10.5 Å². The van der Waals surface area contributed by atoms with Crippen LogP contribution in [0, 0.1) is 12.7 Å². The minimum Gasteiger partial charge on any atom is -0.349 e. The topological polar surface area (TPSA) is 119 Å². The zero-order valence-corrected chi connectivity index (χ0v) is 15.1. The fraction of sp³-hybridized carbons (Fsp3) is 0.312. The summed E-state index contributed by atoms with van der Waals surface area (Å²) in [5, 5.41) is 6.56. The molecule has 0 aromatic carbocycles. The highest BCUT2D eigenvalue weighted by atomic mass is 32.1. The van der Waals surface area contributed by atoms with Gasteiger partial charge in [-0.15, -0.1) is 11.3 Å². The fourth-order valence-electron chi connectivity index (χ4n) is 2.36. The molecule has 0 saturated carbocycles. The van der Waals surface area contributed by atoms with E-state index in [-0.39, 0.29) is 23.6 Å². The number of aryl methyl sites for hydroxylation is 1. The number of anilines is 1. The SMILES string of the molecule is Cc1nc2nc(NC(C)c3cncc(F)c3)nc(C(=O)NCCN)c2s1. The van der Waals surface area contributed by atoms with Crippen molar-refractivity contribution in [1.29, 1.82) is 0 Å². The Morgan fingerprint density at radius 2 is 2.15 bits per heavy atom. The lowest BCUT2D eigenvalue weighted by atomic mass is 10.1. The van der Waals surface area contributed by atoms with Crippen LogP contribution >= 0.6 is 11.3 Å². The second-order valence-corrected chi connectivity index (χ2v) is 6.83. The normalized spacial score (nSPS) is 12.2. The number of amides is 1. The van der Waals surface area contributed by atoms with E-state index in [1.165, 1.54) is 17.4 Å². The van der Waals surface area contributed by atoms with Crippen molar-refractivity contribution in [3.63, 3.8) is 0 Å². The minimum atomic E-state index is -0.426. The average Bonchev–Trinajstić information content (AvgIpc) is 2.99. The molecule has 0 aliphatic rings. The summed E-state index contributed by atoms with van der Waals surface area (Å²) in [4.78, 5) is 29.3. The van der Waals surface area contributed by atoms with E-state index in [4.69, 9.17) is 5.73 Å². The van der Waals surface area contributed by atoms with E-state index in [0.29, 0.717) is 29.0 Å². The minimum absolute atomic E-state index is 0.234. The summed E-state index contributed by atoms with van der Waals surface area (Å²) in [6.07, 6.45) is 2.69. The molecule has 3 aromatic heterocycles. The number of nitrogens with two attached hydrogens (primary N) is 1. The Hall–Kier alpha value is -2.72. The second kappa shape index (κ2) is 7.67. The lowest BCUT2D eigenvalue weighted by Gasteiger charge is -2.14. The molecule has 1 amide bonds. The first-order valence-electron chi connectivity index (χ1n) is 7.98. The number of thiazole rings is 1. The zero-order chi connectivity index (χ0) is 18.7. The van der Waals surface area contributed by atoms with Gasteiger partial charge in [-0.25, -0.2) is 14.4 Å². The molecule has 10 heteroatoms. The van der Waals surface area contributed by atoms with Gasteiger partial charge in [0, 0.05) is 19.3 Å². The Morgan fingerprint density at radius 3 is 2.88 bits per heavy atom. The number of hydrogen-bond donors (Lipinski definition) is 3. The van der Waals surface area contributed by atoms with E-state index in [1.807, 2.05) is 13.8 Å². The molecule has 3 rings (SSSR count). The summed E-state index contributed by atoms with van der Waals surface area (Å²) in [6.45, 7) is 4.33.